The predicted molar refractivity (Wildman–Crippen MR) is 117 cm³/mol. The van der Waals surface area contributed by atoms with Crippen LogP contribution in [0.4, 0.5) is 15.3 Å². The molecule has 2 N–H and O–H groups in total. The molecule has 0 aliphatic carbocycles. The SMILES string of the molecule is CCNC(=NC)Nc1nc(-c2cccc(N3CCC(=NOCCF)CC3)n2)cs1. The molecule has 0 unspecified atom stereocenters. The maximum absolute atomic E-state index is 12.1. The van der Waals surface area contributed by atoms with Crippen LogP contribution in [0.1, 0.15) is 19.8 Å². The largest absolute Gasteiger partial charge is 0.393 e. The molecule has 0 saturated carbocycles. The minimum atomic E-state index is -0.519. The topological polar surface area (TPSA) is 87.0 Å². The highest BCUT2D eigenvalue weighted by Crippen LogP contribution is 2.26. The van der Waals surface area contributed by atoms with Crippen LogP contribution in [0.2, 0.25) is 0 Å². The smallest absolute Gasteiger partial charge is 0.197 e. The van der Waals surface area contributed by atoms with Crippen molar-refractivity contribution in [1.82, 2.24) is 15.3 Å². The summed E-state index contributed by atoms with van der Waals surface area (Å²) in [5.41, 5.74) is 2.62. The first-order valence-electron chi connectivity index (χ1n) is 9.62. The first kappa shape index (κ1) is 21.0. The average molecular weight is 420 g/mol. The van der Waals surface area contributed by atoms with Gasteiger partial charge in [0.2, 0.25) is 0 Å². The van der Waals surface area contributed by atoms with Gasteiger partial charge in [0.05, 0.1) is 11.4 Å². The quantitative estimate of drug-likeness (QED) is 0.310. The number of oxime groups is 1. The molecule has 3 rings (SSSR count). The number of hydrogen-bond acceptors (Lipinski definition) is 7. The van der Waals surface area contributed by atoms with Gasteiger partial charge in [0, 0.05) is 44.9 Å². The Morgan fingerprint density at radius 3 is 2.83 bits per heavy atom. The van der Waals surface area contributed by atoms with Crippen LogP contribution in [0, 0.1) is 0 Å². The first-order valence-corrected chi connectivity index (χ1v) is 10.5. The highest BCUT2D eigenvalue weighted by atomic mass is 32.1. The minimum absolute atomic E-state index is 0.0153. The Bertz CT molecular complexity index is 845. The van der Waals surface area contributed by atoms with E-state index in [1.807, 2.05) is 30.5 Å². The third kappa shape index (κ3) is 5.86. The van der Waals surface area contributed by atoms with E-state index < -0.39 is 6.67 Å². The van der Waals surface area contributed by atoms with Gasteiger partial charge >= 0.3 is 0 Å². The van der Waals surface area contributed by atoms with E-state index in [1.165, 1.54) is 11.3 Å². The number of thiazole rings is 1. The van der Waals surface area contributed by atoms with Gasteiger partial charge in [-0.1, -0.05) is 11.2 Å². The lowest BCUT2D eigenvalue weighted by Gasteiger charge is -2.28. The monoisotopic (exact) mass is 419 g/mol. The molecule has 0 bridgehead atoms. The zero-order valence-electron chi connectivity index (χ0n) is 16.7. The van der Waals surface area contributed by atoms with Crippen molar-refractivity contribution in [1.29, 1.82) is 0 Å². The highest BCUT2D eigenvalue weighted by molar-refractivity contribution is 7.14. The summed E-state index contributed by atoms with van der Waals surface area (Å²) in [4.78, 5) is 20.7. The number of halogens is 1. The van der Waals surface area contributed by atoms with Crippen molar-refractivity contribution >= 4 is 34.0 Å². The fraction of sp³-hybridized carbons (Fsp3) is 0.474. The molecule has 1 aliphatic heterocycles. The van der Waals surface area contributed by atoms with Crippen molar-refractivity contribution in [3.8, 4) is 11.4 Å². The van der Waals surface area contributed by atoms with Crippen molar-refractivity contribution in [2.45, 2.75) is 19.8 Å². The number of nitrogens with zero attached hydrogens (tertiary/aromatic N) is 5. The molecule has 1 saturated heterocycles. The van der Waals surface area contributed by atoms with Crippen molar-refractivity contribution in [2.24, 2.45) is 10.1 Å². The summed E-state index contributed by atoms with van der Waals surface area (Å²) >= 11 is 1.51. The fourth-order valence-corrected chi connectivity index (χ4v) is 3.60. The lowest BCUT2D eigenvalue weighted by molar-refractivity contribution is 0.126. The predicted octanol–water partition coefficient (Wildman–Crippen LogP) is 3.15. The molecule has 1 aliphatic rings. The van der Waals surface area contributed by atoms with Crippen molar-refractivity contribution in [3.63, 3.8) is 0 Å². The fourth-order valence-electron chi connectivity index (χ4n) is 2.90. The number of nitrogens with one attached hydrogen (secondary N) is 2. The number of guanidine groups is 1. The van der Waals surface area contributed by atoms with E-state index in [4.69, 9.17) is 9.82 Å². The summed E-state index contributed by atoms with van der Waals surface area (Å²) in [5.74, 6) is 1.61. The van der Waals surface area contributed by atoms with Gasteiger partial charge in [-0.2, -0.15) is 0 Å². The average Bonchev–Trinajstić information content (AvgIpc) is 3.23. The van der Waals surface area contributed by atoms with Gasteiger partial charge in [0.15, 0.2) is 11.1 Å². The summed E-state index contributed by atoms with van der Waals surface area (Å²) < 4.78 is 12.1. The second-order valence-corrected chi connectivity index (χ2v) is 7.17. The van der Waals surface area contributed by atoms with Gasteiger partial charge in [-0.3, -0.25) is 4.99 Å². The number of rotatable bonds is 7. The molecule has 0 amide bonds. The molecular weight excluding hydrogens is 393 g/mol. The molecule has 0 aromatic carbocycles. The van der Waals surface area contributed by atoms with Gasteiger partial charge in [-0.05, 0) is 19.1 Å². The third-order valence-electron chi connectivity index (χ3n) is 4.32. The maximum Gasteiger partial charge on any atom is 0.197 e. The van der Waals surface area contributed by atoms with E-state index in [-0.39, 0.29) is 6.61 Å². The zero-order valence-corrected chi connectivity index (χ0v) is 17.5. The van der Waals surface area contributed by atoms with E-state index >= 15 is 0 Å². The van der Waals surface area contributed by atoms with Crippen LogP contribution in [0.15, 0.2) is 33.7 Å². The molecular formula is C19H26FN7OS. The Morgan fingerprint density at radius 1 is 1.28 bits per heavy atom. The Morgan fingerprint density at radius 2 is 2.10 bits per heavy atom. The van der Waals surface area contributed by atoms with E-state index in [2.05, 4.69) is 30.7 Å². The number of aromatic nitrogens is 2. The van der Waals surface area contributed by atoms with Gasteiger partial charge in [-0.15, -0.1) is 11.3 Å². The van der Waals surface area contributed by atoms with Crippen molar-refractivity contribution in [2.75, 3.05) is 50.2 Å². The van der Waals surface area contributed by atoms with Gasteiger partial charge in [-0.25, -0.2) is 14.4 Å². The summed E-state index contributed by atoms with van der Waals surface area (Å²) in [6.07, 6.45) is 1.57. The molecule has 156 valence electrons. The second kappa shape index (κ2) is 10.7. The molecule has 3 heterocycles. The highest BCUT2D eigenvalue weighted by Gasteiger charge is 2.18. The van der Waals surface area contributed by atoms with Gasteiger partial charge in [0.25, 0.3) is 0 Å². The summed E-state index contributed by atoms with van der Waals surface area (Å²) in [5, 5.41) is 13.1. The normalized spacial score (nSPS) is 14.7. The number of aliphatic imine (C=N–C) groups is 1. The van der Waals surface area contributed by atoms with Gasteiger partial charge < -0.3 is 20.4 Å². The molecule has 0 spiro atoms. The number of pyridine rings is 1. The molecule has 8 nitrogen and oxygen atoms in total. The Balaban J connectivity index is 1.64. The number of hydrogen-bond donors (Lipinski definition) is 2. The van der Waals surface area contributed by atoms with Crippen molar-refractivity contribution < 1.29 is 9.23 Å². The molecule has 2 aromatic rings. The zero-order chi connectivity index (χ0) is 20.5. The number of anilines is 2. The standard InChI is InChI=1S/C19H26FN7OS/c1-3-22-18(21-2)25-19-24-16(13-29-19)15-5-4-6-17(23-15)27-10-7-14(8-11-27)26-28-12-9-20/h4-6,13H,3,7-12H2,1-2H3,(H2,21,22,24,25). The third-order valence-corrected chi connectivity index (χ3v) is 5.08. The van der Waals surface area contributed by atoms with E-state index in [1.54, 1.807) is 7.05 Å². The van der Waals surface area contributed by atoms with Crippen LogP contribution in [0.3, 0.4) is 0 Å². The Labute approximate surface area is 173 Å². The van der Waals surface area contributed by atoms with Crippen LogP contribution < -0.4 is 15.5 Å². The van der Waals surface area contributed by atoms with Crippen LogP contribution in [-0.2, 0) is 4.84 Å². The van der Waals surface area contributed by atoms with E-state index in [0.717, 1.165) is 60.5 Å². The minimum Gasteiger partial charge on any atom is -0.393 e. The summed E-state index contributed by atoms with van der Waals surface area (Å²) in [6, 6.07) is 5.96. The van der Waals surface area contributed by atoms with Crippen LogP contribution in [-0.4, -0.2) is 61.6 Å². The first-order chi connectivity index (χ1) is 14.2. The lowest BCUT2D eigenvalue weighted by Crippen LogP contribution is -2.34. The van der Waals surface area contributed by atoms with E-state index in [9.17, 15) is 4.39 Å². The van der Waals surface area contributed by atoms with Crippen molar-refractivity contribution in [3.05, 3.63) is 23.6 Å². The molecule has 0 radical (unpaired) electrons. The second-order valence-electron chi connectivity index (χ2n) is 6.31. The maximum atomic E-state index is 12.1. The molecule has 1 fully saturated rings. The van der Waals surface area contributed by atoms with Gasteiger partial charge in [0.1, 0.15) is 24.8 Å². The Hall–Kier alpha value is -2.75. The summed E-state index contributed by atoms with van der Waals surface area (Å²) in [7, 11) is 1.73. The molecule has 2 aromatic heterocycles. The molecule has 29 heavy (non-hydrogen) atoms. The number of piperidine rings is 1. The molecule has 10 heteroatoms. The van der Waals surface area contributed by atoms with E-state index in [0.29, 0.717) is 5.96 Å². The molecule has 0 atom stereocenters. The van der Waals surface area contributed by atoms with Crippen LogP contribution in [0.25, 0.3) is 11.4 Å². The van der Waals surface area contributed by atoms with Crippen LogP contribution >= 0.6 is 11.3 Å². The summed E-state index contributed by atoms with van der Waals surface area (Å²) in [6.45, 7) is 3.90. The van der Waals surface area contributed by atoms with Crippen LogP contribution in [0.5, 0.6) is 0 Å². The number of alkyl halides is 1. The Kier molecular flexibility index (Phi) is 7.74. The lowest BCUT2D eigenvalue weighted by atomic mass is 10.1.